The average Bonchev–Trinajstić information content (AvgIpc) is 2.60. The zero-order valence-electron chi connectivity index (χ0n) is 14.7. The van der Waals surface area contributed by atoms with Gasteiger partial charge in [0, 0.05) is 12.7 Å². The molecule has 0 spiro atoms. The zero-order valence-corrected chi connectivity index (χ0v) is 14.7. The number of hydrogen-bond acceptors (Lipinski definition) is 5. The molecule has 0 saturated heterocycles. The second-order valence-electron chi connectivity index (χ2n) is 5.76. The quantitative estimate of drug-likeness (QED) is 0.722. The Morgan fingerprint density at radius 3 is 2.48 bits per heavy atom. The highest BCUT2D eigenvalue weighted by atomic mass is 16.7. The minimum atomic E-state index is -0.229. The SMILES string of the molecule is COCOc1c(C)cc(-c2nc3cccc(OC)c3c(=O)[nH]2)cc1C. The molecule has 130 valence electrons. The molecule has 0 atom stereocenters. The summed E-state index contributed by atoms with van der Waals surface area (Å²) in [5.41, 5.74) is 3.07. The van der Waals surface area contributed by atoms with Gasteiger partial charge in [0.25, 0.3) is 5.56 Å². The minimum absolute atomic E-state index is 0.186. The van der Waals surface area contributed by atoms with Gasteiger partial charge in [0.05, 0.1) is 12.6 Å². The van der Waals surface area contributed by atoms with Gasteiger partial charge in [-0.25, -0.2) is 4.98 Å². The first kappa shape index (κ1) is 17.0. The van der Waals surface area contributed by atoms with Crippen LogP contribution in [0.5, 0.6) is 11.5 Å². The average molecular weight is 340 g/mol. The van der Waals surface area contributed by atoms with Crippen molar-refractivity contribution in [3.8, 4) is 22.9 Å². The third-order valence-corrected chi connectivity index (χ3v) is 3.97. The van der Waals surface area contributed by atoms with E-state index in [-0.39, 0.29) is 12.4 Å². The van der Waals surface area contributed by atoms with Crippen LogP contribution in [-0.2, 0) is 4.74 Å². The third kappa shape index (κ3) is 3.21. The Labute approximate surface area is 145 Å². The highest BCUT2D eigenvalue weighted by Crippen LogP contribution is 2.29. The normalized spacial score (nSPS) is 10.9. The number of rotatable bonds is 5. The summed E-state index contributed by atoms with van der Waals surface area (Å²) in [6, 6.07) is 9.22. The number of H-pyrrole nitrogens is 1. The lowest BCUT2D eigenvalue weighted by Crippen LogP contribution is -2.11. The molecule has 0 unspecified atom stereocenters. The lowest BCUT2D eigenvalue weighted by atomic mass is 10.0. The summed E-state index contributed by atoms with van der Waals surface area (Å²) in [6.07, 6.45) is 0. The second-order valence-corrected chi connectivity index (χ2v) is 5.76. The second kappa shape index (κ2) is 6.94. The molecule has 0 fully saturated rings. The molecule has 0 radical (unpaired) electrons. The lowest BCUT2D eigenvalue weighted by Gasteiger charge is -2.13. The predicted octanol–water partition coefficient (Wildman–Crippen LogP) is 3.20. The van der Waals surface area contributed by atoms with Gasteiger partial charge in [0.1, 0.15) is 22.7 Å². The van der Waals surface area contributed by atoms with Gasteiger partial charge in [-0.2, -0.15) is 0 Å². The van der Waals surface area contributed by atoms with Crippen LogP contribution in [0.15, 0.2) is 35.1 Å². The molecule has 1 N–H and O–H groups in total. The smallest absolute Gasteiger partial charge is 0.262 e. The molecule has 25 heavy (non-hydrogen) atoms. The van der Waals surface area contributed by atoms with Crippen molar-refractivity contribution in [2.24, 2.45) is 0 Å². The van der Waals surface area contributed by atoms with Crippen molar-refractivity contribution >= 4 is 10.9 Å². The molecule has 2 aromatic carbocycles. The molecule has 0 saturated carbocycles. The standard InChI is InChI=1S/C19H20N2O4/c1-11-8-13(9-12(2)17(11)25-10-23-3)18-20-14-6-5-7-15(24-4)16(14)19(22)21-18/h5-9H,10H2,1-4H3,(H,20,21,22). The summed E-state index contributed by atoms with van der Waals surface area (Å²) in [7, 11) is 3.12. The van der Waals surface area contributed by atoms with Crippen LogP contribution in [0.25, 0.3) is 22.3 Å². The number of aromatic nitrogens is 2. The van der Waals surface area contributed by atoms with Crippen LogP contribution in [0.4, 0.5) is 0 Å². The molecule has 0 aliphatic rings. The fourth-order valence-electron chi connectivity index (χ4n) is 2.90. The van der Waals surface area contributed by atoms with Gasteiger partial charge >= 0.3 is 0 Å². The van der Waals surface area contributed by atoms with Gasteiger partial charge in [-0.3, -0.25) is 4.79 Å². The van der Waals surface area contributed by atoms with E-state index in [0.29, 0.717) is 22.5 Å². The molecule has 3 aromatic rings. The van der Waals surface area contributed by atoms with Gasteiger partial charge < -0.3 is 19.2 Å². The maximum Gasteiger partial charge on any atom is 0.262 e. The number of benzene rings is 2. The van der Waals surface area contributed by atoms with Crippen molar-refractivity contribution < 1.29 is 14.2 Å². The number of aryl methyl sites for hydroxylation is 2. The molecule has 6 nitrogen and oxygen atoms in total. The van der Waals surface area contributed by atoms with Crippen LogP contribution < -0.4 is 15.0 Å². The number of aromatic amines is 1. The number of nitrogens with zero attached hydrogens (tertiary/aromatic N) is 1. The zero-order chi connectivity index (χ0) is 18.0. The van der Waals surface area contributed by atoms with E-state index in [0.717, 1.165) is 22.4 Å². The van der Waals surface area contributed by atoms with E-state index < -0.39 is 0 Å². The van der Waals surface area contributed by atoms with E-state index >= 15 is 0 Å². The molecule has 0 aliphatic carbocycles. The molecular weight excluding hydrogens is 320 g/mol. The predicted molar refractivity (Wildman–Crippen MR) is 96.3 cm³/mol. The Bertz CT molecular complexity index is 956. The highest BCUT2D eigenvalue weighted by molar-refractivity contribution is 5.85. The van der Waals surface area contributed by atoms with Gasteiger partial charge in [-0.1, -0.05) is 6.07 Å². The lowest BCUT2D eigenvalue weighted by molar-refractivity contribution is 0.0501. The molecule has 1 aromatic heterocycles. The summed E-state index contributed by atoms with van der Waals surface area (Å²) in [5, 5.41) is 0.447. The fraction of sp³-hybridized carbons (Fsp3) is 0.263. The minimum Gasteiger partial charge on any atom is -0.496 e. The number of hydrogen-bond donors (Lipinski definition) is 1. The van der Waals surface area contributed by atoms with Crippen molar-refractivity contribution in [3.05, 3.63) is 51.8 Å². The van der Waals surface area contributed by atoms with E-state index in [1.165, 1.54) is 7.11 Å². The van der Waals surface area contributed by atoms with Crippen LogP contribution in [-0.4, -0.2) is 31.0 Å². The van der Waals surface area contributed by atoms with Crippen LogP contribution >= 0.6 is 0 Å². The van der Waals surface area contributed by atoms with Crippen LogP contribution in [0, 0.1) is 13.8 Å². The van der Waals surface area contributed by atoms with Crippen molar-refractivity contribution in [1.82, 2.24) is 9.97 Å². The van der Waals surface area contributed by atoms with E-state index in [1.54, 1.807) is 19.2 Å². The highest BCUT2D eigenvalue weighted by Gasteiger charge is 2.13. The van der Waals surface area contributed by atoms with Crippen molar-refractivity contribution in [2.75, 3.05) is 21.0 Å². The summed E-state index contributed by atoms with van der Waals surface area (Å²) in [5.74, 6) is 1.79. The monoisotopic (exact) mass is 340 g/mol. The summed E-state index contributed by atoms with van der Waals surface area (Å²) in [6.45, 7) is 4.08. The molecule has 1 heterocycles. The Morgan fingerprint density at radius 2 is 1.84 bits per heavy atom. The molecule has 0 bridgehead atoms. The molecule has 0 amide bonds. The van der Waals surface area contributed by atoms with E-state index in [1.807, 2.05) is 32.0 Å². The first-order valence-corrected chi connectivity index (χ1v) is 7.85. The largest absolute Gasteiger partial charge is 0.496 e. The number of methoxy groups -OCH3 is 2. The summed E-state index contributed by atoms with van der Waals surface area (Å²) in [4.78, 5) is 19.9. The van der Waals surface area contributed by atoms with Crippen LogP contribution in [0.3, 0.4) is 0 Å². The Hall–Kier alpha value is -2.86. The summed E-state index contributed by atoms with van der Waals surface area (Å²) >= 11 is 0. The molecule has 6 heteroatoms. The van der Waals surface area contributed by atoms with Crippen LogP contribution in [0.2, 0.25) is 0 Å². The number of ether oxygens (including phenoxy) is 3. The number of nitrogens with one attached hydrogen (secondary N) is 1. The fourth-order valence-corrected chi connectivity index (χ4v) is 2.90. The Balaban J connectivity index is 2.12. The van der Waals surface area contributed by atoms with E-state index in [9.17, 15) is 4.79 Å². The molecule has 3 rings (SSSR count). The molecule has 0 aliphatic heterocycles. The number of fused-ring (bicyclic) bond motifs is 1. The van der Waals surface area contributed by atoms with E-state index in [2.05, 4.69) is 9.97 Å². The third-order valence-electron chi connectivity index (χ3n) is 3.97. The van der Waals surface area contributed by atoms with Gasteiger partial charge in [0.15, 0.2) is 6.79 Å². The van der Waals surface area contributed by atoms with Crippen LogP contribution in [0.1, 0.15) is 11.1 Å². The van der Waals surface area contributed by atoms with Crippen molar-refractivity contribution in [3.63, 3.8) is 0 Å². The topological polar surface area (TPSA) is 73.4 Å². The Morgan fingerprint density at radius 1 is 1.12 bits per heavy atom. The Kier molecular flexibility index (Phi) is 4.72. The van der Waals surface area contributed by atoms with Gasteiger partial charge in [-0.05, 0) is 49.2 Å². The summed E-state index contributed by atoms with van der Waals surface area (Å²) < 4.78 is 15.8. The first-order valence-electron chi connectivity index (χ1n) is 7.85. The maximum atomic E-state index is 12.5. The van der Waals surface area contributed by atoms with E-state index in [4.69, 9.17) is 14.2 Å². The van der Waals surface area contributed by atoms with Crippen molar-refractivity contribution in [2.45, 2.75) is 13.8 Å². The molecular formula is C19H20N2O4. The van der Waals surface area contributed by atoms with Gasteiger partial charge in [0.2, 0.25) is 0 Å². The first-order chi connectivity index (χ1) is 12.0. The van der Waals surface area contributed by atoms with Gasteiger partial charge in [-0.15, -0.1) is 0 Å². The maximum absolute atomic E-state index is 12.5. The van der Waals surface area contributed by atoms with Crippen molar-refractivity contribution in [1.29, 1.82) is 0 Å².